The first-order valence-corrected chi connectivity index (χ1v) is 5.03. The smallest absolute Gasteiger partial charge is 0.314 e. The first-order valence-electron chi connectivity index (χ1n) is 4.23. The van der Waals surface area contributed by atoms with Gasteiger partial charge in [0.1, 0.15) is 5.75 Å². The van der Waals surface area contributed by atoms with Gasteiger partial charge in [0.2, 0.25) is 0 Å². The summed E-state index contributed by atoms with van der Waals surface area (Å²) in [6, 6.07) is 7.37. The molecule has 1 fully saturated rings. The standard InChI is InChI=1S/C10H9BrO2/c11-8-3-1-2-4-9(8)13-10(12)7-5-6-7/h1-4,7H,5-6H2. The number of hydrogen-bond donors (Lipinski definition) is 0. The van der Waals surface area contributed by atoms with Crippen LogP contribution in [-0.4, -0.2) is 5.97 Å². The van der Waals surface area contributed by atoms with Gasteiger partial charge in [0, 0.05) is 0 Å². The lowest BCUT2D eigenvalue weighted by atomic mass is 10.3. The summed E-state index contributed by atoms with van der Waals surface area (Å²) in [5, 5.41) is 0. The zero-order valence-electron chi connectivity index (χ0n) is 7.00. The molecule has 1 aromatic rings. The van der Waals surface area contributed by atoms with Crippen molar-refractivity contribution in [1.29, 1.82) is 0 Å². The van der Waals surface area contributed by atoms with Crippen LogP contribution in [0.4, 0.5) is 0 Å². The van der Waals surface area contributed by atoms with E-state index in [0.717, 1.165) is 17.3 Å². The van der Waals surface area contributed by atoms with Crippen LogP contribution in [0.25, 0.3) is 0 Å². The number of para-hydroxylation sites is 1. The van der Waals surface area contributed by atoms with Gasteiger partial charge >= 0.3 is 5.97 Å². The van der Waals surface area contributed by atoms with Crippen LogP contribution in [-0.2, 0) is 4.79 Å². The van der Waals surface area contributed by atoms with Crippen molar-refractivity contribution in [2.45, 2.75) is 12.8 Å². The number of ether oxygens (including phenoxy) is 1. The number of carbonyl (C=O) groups is 1. The van der Waals surface area contributed by atoms with Crippen LogP contribution in [0.5, 0.6) is 5.75 Å². The zero-order valence-corrected chi connectivity index (χ0v) is 8.58. The summed E-state index contributed by atoms with van der Waals surface area (Å²) in [7, 11) is 0. The Balaban J connectivity index is 2.08. The fourth-order valence-electron chi connectivity index (χ4n) is 1.04. The molecule has 0 N–H and O–H groups in total. The van der Waals surface area contributed by atoms with Gasteiger partial charge in [-0.25, -0.2) is 0 Å². The van der Waals surface area contributed by atoms with E-state index in [1.807, 2.05) is 18.2 Å². The van der Waals surface area contributed by atoms with Crippen molar-refractivity contribution >= 4 is 21.9 Å². The molecule has 0 heterocycles. The van der Waals surface area contributed by atoms with Crippen molar-refractivity contribution in [2.75, 3.05) is 0 Å². The van der Waals surface area contributed by atoms with E-state index in [1.165, 1.54) is 0 Å². The molecule has 0 saturated heterocycles. The molecule has 0 aromatic heterocycles. The lowest BCUT2D eigenvalue weighted by Gasteiger charge is -2.04. The second-order valence-electron chi connectivity index (χ2n) is 3.13. The van der Waals surface area contributed by atoms with E-state index in [-0.39, 0.29) is 11.9 Å². The van der Waals surface area contributed by atoms with E-state index in [4.69, 9.17) is 4.74 Å². The summed E-state index contributed by atoms with van der Waals surface area (Å²) in [6.45, 7) is 0. The minimum atomic E-state index is -0.105. The Labute approximate surface area is 85.0 Å². The molecule has 0 atom stereocenters. The molecule has 1 saturated carbocycles. The third-order valence-electron chi connectivity index (χ3n) is 1.96. The van der Waals surface area contributed by atoms with Gasteiger partial charge in [-0.15, -0.1) is 0 Å². The second kappa shape index (κ2) is 3.50. The molecule has 0 bridgehead atoms. The molecule has 0 spiro atoms. The van der Waals surface area contributed by atoms with E-state index >= 15 is 0 Å². The molecule has 3 heteroatoms. The first kappa shape index (κ1) is 8.75. The first-order chi connectivity index (χ1) is 6.27. The van der Waals surface area contributed by atoms with Gasteiger partial charge in [-0.1, -0.05) is 12.1 Å². The molecule has 13 heavy (non-hydrogen) atoms. The van der Waals surface area contributed by atoms with Gasteiger partial charge in [-0.2, -0.15) is 0 Å². The highest BCUT2D eigenvalue weighted by atomic mass is 79.9. The predicted molar refractivity (Wildman–Crippen MR) is 52.5 cm³/mol. The minimum Gasteiger partial charge on any atom is -0.425 e. The van der Waals surface area contributed by atoms with Gasteiger partial charge in [0.05, 0.1) is 10.4 Å². The number of benzene rings is 1. The minimum absolute atomic E-state index is 0.105. The van der Waals surface area contributed by atoms with Gasteiger partial charge in [0.15, 0.2) is 0 Å². The molecule has 0 unspecified atom stereocenters. The van der Waals surface area contributed by atoms with Crippen LogP contribution < -0.4 is 4.74 Å². The van der Waals surface area contributed by atoms with E-state index in [2.05, 4.69) is 15.9 Å². The Morgan fingerprint density at radius 2 is 2.08 bits per heavy atom. The molecule has 1 aromatic carbocycles. The SMILES string of the molecule is O=C(Oc1ccccc1Br)C1CC1. The number of carbonyl (C=O) groups excluding carboxylic acids is 1. The normalized spacial score (nSPS) is 15.5. The topological polar surface area (TPSA) is 26.3 Å². The highest BCUT2D eigenvalue weighted by Crippen LogP contribution is 2.32. The van der Waals surface area contributed by atoms with Crippen LogP contribution in [0.3, 0.4) is 0 Å². The maximum atomic E-state index is 11.3. The van der Waals surface area contributed by atoms with Crippen molar-refractivity contribution in [3.63, 3.8) is 0 Å². The lowest BCUT2D eigenvalue weighted by Crippen LogP contribution is -2.09. The molecular weight excluding hydrogens is 232 g/mol. The monoisotopic (exact) mass is 240 g/mol. The molecule has 68 valence electrons. The van der Waals surface area contributed by atoms with Gasteiger partial charge in [-0.05, 0) is 40.9 Å². The second-order valence-corrected chi connectivity index (χ2v) is 3.98. The third-order valence-corrected chi connectivity index (χ3v) is 2.61. The van der Waals surface area contributed by atoms with E-state index in [1.54, 1.807) is 6.07 Å². The van der Waals surface area contributed by atoms with Gasteiger partial charge in [-0.3, -0.25) is 4.79 Å². The van der Waals surface area contributed by atoms with E-state index < -0.39 is 0 Å². The van der Waals surface area contributed by atoms with E-state index in [9.17, 15) is 4.79 Å². The molecule has 2 rings (SSSR count). The van der Waals surface area contributed by atoms with Crippen molar-refractivity contribution in [1.82, 2.24) is 0 Å². The number of halogens is 1. The van der Waals surface area contributed by atoms with Crippen LogP contribution in [0, 0.1) is 5.92 Å². The molecule has 1 aliphatic carbocycles. The highest BCUT2D eigenvalue weighted by molar-refractivity contribution is 9.10. The fraction of sp³-hybridized carbons (Fsp3) is 0.300. The lowest BCUT2D eigenvalue weighted by molar-refractivity contribution is -0.135. The Morgan fingerprint density at radius 1 is 1.38 bits per heavy atom. The maximum Gasteiger partial charge on any atom is 0.314 e. The molecule has 0 radical (unpaired) electrons. The Kier molecular flexibility index (Phi) is 2.36. The fourth-order valence-corrected chi connectivity index (χ4v) is 1.40. The van der Waals surface area contributed by atoms with Crippen molar-refractivity contribution in [3.8, 4) is 5.75 Å². The summed E-state index contributed by atoms with van der Waals surface area (Å²) in [4.78, 5) is 11.3. The van der Waals surface area contributed by atoms with Gasteiger partial charge < -0.3 is 4.74 Å². The van der Waals surface area contributed by atoms with Crippen LogP contribution in [0.2, 0.25) is 0 Å². The molecule has 0 aliphatic heterocycles. The maximum absolute atomic E-state index is 11.3. The molecular formula is C10H9BrO2. The van der Waals surface area contributed by atoms with Gasteiger partial charge in [0.25, 0.3) is 0 Å². The number of rotatable bonds is 2. The average Bonchev–Trinajstić information content (AvgIpc) is 2.91. The summed E-state index contributed by atoms with van der Waals surface area (Å²) >= 11 is 3.32. The summed E-state index contributed by atoms with van der Waals surface area (Å²) in [6.07, 6.45) is 1.95. The Bertz CT molecular complexity index is 331. The Morgan fingerprint density at radius 3 is 2.69 bits per heavy atom. The average molecular weight is 241 g/mol. The summed E-state index contributed by atoms with van der Waals surface area (Å²) < 4.78 is 6.01. The molecule has 2 nitrogen and oxygen atoms in total. The van der Waals surface area contributed by atoms with Crippen LogP contribution in [0.1, 0.15) is 12.8 Å². The number of hydrogen-bond acceptors (Lipinski definition) is 2. The van der Waals surface area contributed by atoms with Crippen LogP contribution in [0.15, 0.2) is 28.7 Å². The van der Waals surface area contributed by atoms with Crippen molar-refractivity contribution in [3.05, 3.63) is 28.7 Å². The van der Waals surface area contributed by atoms with Crippen molar-refractivity contribution in [2.24, 2.45) is 5.92 Å². The largest absolute Gasteiger partial charge is 0.425 e. The summed E-state index contributed by atoms with van der Waals surface area (Å²) in [5.74, 6) is 0.651. The third kappa shape index (κ3) is 2.10. The molecule has 0 amide bonds. The summed E-state index contributed by atoms with van der Waals surface area (Å²) in [5.41, 5.74) is 0. The zero-order chi connectivity index (χ0) is 9.26. The predicted octanol–water partition coefficient (Wildman–Crippen LogP) is 2.76. The quantitative estimate of drug-likeness (QED) is 0.587. The number of esters is 1. The van der Waals surface area contributed by atoms with Crippen molar-refractivity contribution < 1.29 is 9.53 Å². The molecule has 1 aliphatic rings. The highest BCUT2D eigenvalue weighted by Gasteiger charge is 2.31. The van der Waals surface area contributed by atoms with Crippen LogP contribution >= 0.6 is 15.9 Å². The van der Waals surface area contributed by atoms with E-state index in [0.29, 0.717) is 5.75 Å². The Hall–Kier alpha value is -0.830.